The molecule has 2 amide bonds. The Bertz CT molecular complexity index is 1130. The van der Waals surface area contributed by atoms with Crippen LogP contribution in [0.15, 0.2) is 67.6 Å². The largest absolute Gasteiger partial charge is 0.361 e. The van der Waals surface area contributed by atoms with Crippen LogP contribution in [-0.2, 0) is 16.1 Å². The second-order valence-electron chi connectivity index (χ2n) is 7.39. The van der Waals surface area contributed by atoms with Crippen LogP contribution in [0.1, 0.15) is 18.4 Å². The predicted octanol–water partition coefficient (Wildman–Crippen LogP) is 3.47. The number of nitrogens with one attached hydrogen (secondary N) is 2. The number of amides is 2. The van der Waals surface area contributed by atoms with Gasteiger partial charge >= 0.3 is 0 Å². The van der Waals surface area contributed by atoms with Crippen molar-refractivity contribution in [1.29, 1.82) is 0 Å². The van der Waals surface area contributed by atoms with Gasteiger partial charge in [-0.2, -0.15) is 0 Å². The Morgan fingerprint density at radius 2 is 2.19 bits per heavy atom. The zero-order valence-electron chi connectivity index (χ0n) is 17.0. The number of fused-ring (bicyclic) bond motifs is 1. The van der Waals surface area contributed by atoms with Gasteiger partial charge in [0.05, 0.1) is 6.42 Å². The van der Waals surface area contributed by atoms with Crippen molar-refractivity contribution in [2.45, 2.75) is 25.4 Å². The molecule has 1 aromatic carbocycles. The maximum atomic E-state index is 13.1. The van der Waals surface area contributed by atoms with E-state index in [1.165, 1.54) is 0 Å². The first kappa shape index (κ1) is 20.7. The van der Waals surface area contributed by atoms with Gasteiger partial charge in [0.25, 0.3) is 5.91 Å². The molecule has 4 rings (SSSR count). The Kier molecular flexibility index (Phi) is 6.08. The van der Waals surface area contributed by atoms with E-state index in [2.05, 4.69) is 21.9 Å². The van der Waals surface area contributed by atoms with Crippen LogP contribution in [0, 0.1) is 0 Å². The number of anilines is 1. The molecular weight excluding hydrogens is 410 g/mol. The van der Waals surface area contributed by atoms with E-state index < -0.39 is 6.04 Å². The molecule has 0 radical (unpaired) electrons. The van der Waals surface area contributed by atoms with Gasteiger partial charge in [0, 0.05) is 42.9 Å². The maximum Gasteiger partial charge on any atom is 0.252 e. The topological polar surface area (TPSA) is 81.3 Å². The summed E-state index contributed by atoms with van der Waals surface area (Å²) >= 11 is 5.59. The highest BCUT2D eigenvalue weighted by Crippen LogP contribution is 2.25. The number of rotatable bonds is 8. The number of pyridine rings is 1. The number of hydrogen-bond donors (Lipinski definition) is 2. The van der Waals surface area contributed by atoms with Crippen LogP contribution in [0.2, 0.25) is 0 Å². The van der Waals surface area contributed by atoms with Crippen molar-refractivity contribution in [3.63, 3.8) is 0 Å². The zero-order chi connectivity index (χ0) is 21.8. The van der Waals surface area contributed by atoms with Crippen LogP contribution < -0.4 is 5.32 Å². The standard InChI is InChI=1S/C23H23N5O2S/c1-2-3-11-27-22(30)20(28(23(27)31)15-16-5-4-9-24-14-16)13-21(29)26-18-7-6-17-8-10-25-19(17)12-18/h2,4-10,12,14,20,25H,1,3,11,13,15H2,(H,26,29). The Morgan fingerprint density at radius 3 is 2.97 bits per heavy atom. The molecule has 1 saturated heterocycles. The van der Waals surface area contributed by atoms with Crippen molar-refractivity contribution >= 4 is 45.7 Å². The minimum Gasteiger partial charge on any atom is -0.361 e. The van der Waals surface area contributed by atoms with E-state index in [9.17, 15) is 9.59 Å². The van der Waals surface area contributed by atoms with Crippen molar-refractivity contribution in [2.24, 2.45) is 0 Å². The van der Waals surface area contributed by atoms with Crippen molar-refractivity contribution in [2.75, 3.05) is 11.9 Å². The number of nitrogens with zero attached hydrogens (tertiary/aromatic N) is 3. The Hall–Kier alpha value is -3.52. The third-order valence-electron chi connectivity index (χ3n) is 5.25. The van der Waals surface area contributed by atoms with Crippen molar-refractivity contribution in [3.05, 3.63) is 73.2 Å². The third kappa shape index (κ3) is 4.49. The second-order valence-corrected chi connectivity index (χ2v) is 7.75. The Morgan fingerprint density at radius 1 is 1.32 bits per heavy atom. The molecule has 0 aliphatic carbocycles. The van der Waals surface area contributed by atoms with Gasteiger partial charge in [0.15, 0.2) is 5.11 Å². The van der Waals surface area contributed by atoms with Crippen LogP contribution in [0.3, 0.4) is 0 Å². The lowest BCUT2D eigenvalue weighted by molar-refractivity contribution is -0.130. The summed E-state index contributed by atoms with van der Waals surface area (Å²) in [4.78, 5) is 36.6. The molecule has 0 saturated carbocycles. The van der Waals surface area contributed by atoms with E-state index in [1.807, 2.05) is 47.5 Å². The molecule has 1 aliphatic heterocycles. The second kappa shape index (κ2) is 9.09. The Labute approximate surface area is 185 Å². The summed E-state index contributed by atoms with van der Waals surface area (Å²) in [7, 11) is 0. The SMILES string of the molecule is C=CCCN1C(=O)C(CC(=O)Nc2ccc3cc[nH]c3c2)N(Cc2cccnc2)C1=S. The summed E-state index contributed by atoms with van der Waals surface area (Å²) in [5.74, 6) is -0.403. The van der Waals surface area contributed by atoms with E-state index in [0.29, 0.717) is 30.3 Å². The van der Waals surface area contributed by atoms with E-state index in [-0.39, 0.29) is 18.2 Å². The van der Waals surface area contributed by atoms with Gasteiger partial charge in [-0.15, -0.1) is 6.58 Å². The molecule has 1 aliphatic rings. The number of thiocarbonyl (C=S) groups is 1. The minimum absolute atomic E-state index is 0.00654. The average molecular weight is 434 g/mol. The lowest BCUT2D eigenvalue weighted by Gasteiger charge is -2.23. The Balaban J connectivity index is 1.51. The lowest BCUT2D eigenvalue weighted by atomic mass is 10.1. The fraction of sp³-hybridized carbons (Fsp3) is 0.217. The number of aromatic amines is 1. The summed E-state index contributed by atoms with van der Waals surface area (Å²) in [6, 6.07) is 10.7. The maximum absolute atomic E-state index is 13.1. The smallest absolute Gasteiger partial charge is 0.252 e. The van der Waals surface area contributed by atoms with Crippen LogP contribution in [0.4, 0.5) is 5.69 Å². The van der Waals surface area contributed by atoms with Crippen molar-refractivity contribution in [1.82, 2.24) is 19.8 Å². The van der Waals surface area contributed by atoms with Gasteiger partial charge in [-0.1, -0.05) is 18.2 Å². The third-order valence-corrected chi connectivity index (χ3v) is 5.71. The molecule has 0 spiro atoms. The lowest BCUT2D eigenvalue weighted by Crippen LogP contribution is -2.37. The molecular formula is C23H23N5O2S. The molecule has 8 heteroatoms. The molecule has 3 heterocycles. The monoisotopic (exact) mass is 433 g/mol. The molecule has 3 aromatic rings. The number of hydrogen-bond acceptors (Lipinski definition) is 4. The molecule has 1 unspecified atom stereocenters. The first-order chi connectivity index (χ1) is 15.1. The number of carbonyl (C=O) groups excluding carboxylic acids is 2. The van der Waals surface area contributed by atoms with Gasteiger partial charge in [0.1, 0.15) is 6.04 Å². The molecule has 0 bridgehead atoms. The van der Waals surface area contributed by atoms with Crippen LogP contribution in [0.25, 0.3) is 10.9 Å². The van der Waals surface area contributed by atoms with Crippen molar-refractivity contribution in [3.8, 4) is 0 Å². The number of benzene rings is 1. The van der Waals surface area contributed by atoms with Gasteiger partial charge in [-0.25, -0.2) is 0 Å². The van der Waals surface area contributed by atoms with Crippen molar-refractivity contribution < 1.29 is 9.59 Å². The summed E-state index contributed by atoms with van der Waals surface area (Å²) in [6.07, 6.45) is 7.66. The van der Waals surface area contributed by atoms with E-state index in [0.717, 1.165) is 16.5 Å². The summed E-state index contributed by atoms with van der Waals surface area (Å²) < 4.78 is 0. The molecule has 2 aromatic heterocycles. The van der Waals surface area contributed by atoms with Gasteiger partial charge in [-0.05, 0) is 53.9 Å². The van der Waals surface area contributed by atoms with Gasteiger partial charge in [-0.3, -0.25) is 19.5 Å². The quantitative estimate of drug-likeness (QED) is 0.420. The first-order valence-corrected chi connectivity index (χ1v) is 10.5. The van der Waals surface area contributed by atoms with Gasteiger partial charge in [0.2, 0.25) is 5.91 Å². The molecule has 2 N–H and O–H groups in total. The number of H-pyrrole nitrogens is 1. The summed E-state index contributed by atoms with van der Waals surface area (Å²) in [5, 5.41) is 4.40. The zero-order valence-corrected chi connectivity index (χ0v) is 17.8. The van der Waals surface area contributed by atoms with E-state index in [1.54, 1.807) is 23.4 Å². The highest BCUT2D eigenvalue weighted by atomic mass is 32.1. The molecule has 1 fully saturated rings. The van der Waals surface area contributed by atoms with E-state index >= 15 is 0 Å². The average Bonchev–Trinajstić information content (AvgIpc) is 3.32. The fourth-order valence-electron chi connectivity index (χ4n) is 3.70. The predicted molar refractivity (Wildman–Crippen MR) is 124 cm³/mol. The van der Waals surface area contributed by atoms with Crippen LogP contribution in [-0.4, -0.2) is 49.3 Å². The van der Waals surface area contributed by atoms with E-state index in [4.69, 9.17) is 12.2 Å². The molecule has 31 heavy (non-hydrogen) atoms. The minimum atomic E-state index is -0.660. The summed E-state index contributed by atoms with van der Waals surface area (Å²) in [6.45, 7) is 4.58. The summed E-state index contributed by atoms with van der Waals surface area (Å²) in [5.41, 5.74) is 2.53. The number of carbonyl (C=O) groups is 2. The molecule has 1 atom stereocenters. The highest BCUT2D eigenvalue weighted by molar-refractivity contribution is 7.80. The highest BCUT2D eigenvalue weighted by Gasteiger charge is 2.42. The number of aromatic nitrogens is 2. The van der Waals surface area contributed by atoms with Crippen LogP contribution >= 0.6 is 12.2 Å². The fourth-order valence-corrected chi connectivity index (χ4v) is 4.07. The normalized spacial score (nSPS) is 16.2. The first-order valence-electron chi connectivity index (χ1n) is 10.1. The van der Waals surface area contributed by atoms with Gasteiger partial charge < -0.3 is 15.2 Å². The molecule has 158 valence electrons. The van der Waals surface area contributed by atoms with Crippen LogP contribution in [0.5, 0.6) is 0 Å². The molecule has 7 nitrogen and oxygen atoms in total.